The maximum atomic E-state index is 5.60. The standard InChI is InChI=1S/C14H17N3O/c1-2-18-13-6-4-3-5-12(13)16-14-15-9-10-17(14)11-7-8-11/h3-6,9-11H,2,7-8H2,1H3,(H,15,16). The van der Waals surface area contributed by atoms with Crippen LogP contribution in [0.1, 0.15) is 25.8 Å². The Labute approximate surface area is 107 Å². The first-order valence-corrected chi connectivity index (χ1v) is 6.40. The molecule has 0 spiro atoms. The van der Waals surface area contributed by atoms with E-state index in [0.717, 1.165) is 17.4 Å². The normalized spacial score (nSPS) is 14.5. The summed E-state index contributed by atoms with van der Waals surface area (Å²) in [6, 6.07) is 8.57. The fraction of sp³-hybridized carbons (Fsp3) is 0.357. The summed E-state index contributed by atoms with van der Waals surface area (Å²) >= 11 is 0. The first kappa shape index (κ1) is 11.1. The zero-order chi connectivity index (χ0) is 12.4. The van der Waals surface area contributed by atoms with Crippen molar-refractivity contribution < 1.29 is 4.74 Å². The van der Waals surface area contributed by atoms with Gasteiger partial charge in [-0.05, 0) is 31.9 Å². The quantitative estimate of drug-likeness (QED) is 0.875. The summed E-state index contributed by atoms with van der Waals surface area (Å²) in [5, 5.41) is 3.35. The fourth-order valence-electron chi connectivity index (χ4n) is 2.03. The summed E-state index contributed by atoms with van der Waals surface area (Å²) in [7, 11) is 0. The highest BCUT2D eigenvalue weighted by atomic mass is 16.5. The third-order valence-electron chi connectivity index (χ3n) is 3.04. The zero-order valence-corrected chi connectivity index (χ0v) is 10.5. The summed E-state index contributed by atoms with van der Waals surface area (Å²) in [5.41, 5.74) is 0.965. The third kappa shape index (κ3) is 2.18. The van der Waals surface area contributed by atoms with Crippen LogP contribution in [0.5, 0.6) is 5.75 Å². The van der Waals surface area contributed by atoms with Crippen LogP contribution in [-0.4, -0.2) is 16.2 Å². The molecule has 0 atom stereocenters. The van der Waals surface area contributed by atoms with Crippen molar-refractivity contribution in [3.63, 3.8) is 0 Å². The number of benzene rings is 1. The van der Waals surface area contributed by atoms with Crippen molar-refractivity contribution in [2.24, 2.45) is 0 Å². The molecule has 1 aliphatic rings. The van der Waals surface area contributed by atoms with E-state index in [4.69, 9.17) is 4.74 Å². The number of rotatable bonds is 5. The Morgan fingerprint density at radius 2 is 2.22 bits per heavy atom. The Bertz CT molecular complexity index is 531. The molecule has 4 heteroatoms. The molecule has 1 saturated carbocycles. The van der Waals surface area contributed by atoms with Gasteiger partial charge in [0.15, 0.2) is 0 Å². The molecule has 1 N–H and O–H groups in total. The van der Waals surface area contributed by atoms with Crippen molar-refractivity contribution in [2.45, 2.75) is 25.8 Å². The minimum Gasteiger partial charge on any atom is -0.492 e. The number of nitrogens with zero attached hydrogens (tertiary/aromatic N) is 2. The van der Waals surface area contributed by atoms with Crippen molar-refractivity contribution >= 4 is 11.6 Å². The van der Waals surface area contributed by atoms with Crippen LogP contribution in [0.25, 0.3) is 0 Å². The number of hydrogen-bond acceptors (Lipinski definition) is 3. The second kappa shape index (κ2) is 4.72. The summed E-state index contributed by atoms with van der Waals surface area (Å²) < 4.78 is 7.80. The van der Waals surface area contributed by atoms with Crippen molar-refractivity contribution in [3.05, 3.63) is 36.7 Å². The third-order valence-corrected chi connectivity index (χ3v) is 3.04. The van der Waals surface area contributed by atoms with Gasteiger partial charge in [-0.1, -0.05) is 12.1 Å². The van der Waals surface area contributed by atoms with Gasteiger partial charge in [0.2, 0.25) is 5.95 Å². The zero-order valence-electron chi connectivity index (χ0n) is 10.5. The van der Waals surface area contributed by atoms with Crippen LogP contribution >= 0.6 is 0 Å². The molecule has 1 fully saturated rings. The molecule has 2 aromatic rings. The molecular formula is C14H17N3O. The summed E-state index contributed by atoms with van der Waals surface area (Å²) in [4.78, 5) is 4.37. The Morgan fingerprint density at radius 3 is 3.00 bits per heavy atom. The summed E-state index contributed by atoms with van der Waals surface area (Å²) in [6.45, 7) is 2.65. The predicted octanol–water partition coefficient (Wildman–Crippen LogP) is 3.36. The summed E-state index contributed by atoms with van der Waals surface area (Å²) in [6.07, 6.45) is 6.36. The molecule has 1 heterocycles. The maximum Gasteiger partial charge on any atom is 0.207 e. The van der Waals surface area contributed by atoms with E-state index >= 15 is 0 Å². The number of hydrogen-bond donors (Lipinski definition) is 1. The molecule has 1 aliphatic carbocycles. The summed E-state index contributed by atoms with van der Waals surface area (Å²) in [5.74, 6) is 1.76. The lowest BCUT2D eigenvalue weighted by Crippen LogP contribution is -2.03. The van der Waals surface area contributed by atoms with E-state index in [1.807, 2.05) is 43.6 Å². The minimum absolute atomic E-state index is 0.620. The molecular weight excluding hydrogens is 226 g/mol. The average Bonchev–Trinajstić information content (AvgIpc) is 3.13. The Morgan fingerprint density at radius 1 is 1.39 bits per heavy atom. The van der Waals surface area contributed by atoms with Crippen LogP contribution < -0.4 is 10.1 Å². The molecule has 0 amide bonds. The van der Waals surface area contributed by atoms with Crippen LogP contribution in [0.3, 0.4) is 0 Å². The van der Waals surface area contributed by atoms with E-state index in [-0.39, 0.29) is 0 Å². The molecule has 0 aliphatic heterocycles. The van der Waals surface area contributed by atoms with Crippen LogP contribution in [0.4, 0.5) is 11.6 Å². The molecule has 18 heavy (non-hydrogen) atoms. The van der Waals surface area contributed by atoms with Gasteiger partial charge < -0.3 is 14.6 Å². The van der Waals surface area contributed by atoms with E-state index in [0.29, 0.717) is 12.6 Å². The molecule has 0 saturated heterocycles. The smallest absolute Gasteiger partial charge is 0.207 e. The minimum atomic E-state index is 0.620. The fourth-order valence-corrected chi connectivity index (χ4v) is 2.03. The van der Waals surface area contributed by atoms with E-state index < -0.39 is 0 Å². The van der Waals surface area contributed by atoms with Gasteiger partial charge in [-0.25, -0.2) is 4.98 Å². The lowest BCUT2D eigenvalue weighted by molar-refractivity contribution is 0.342. The Kier molecular flexibility index (Phi) is 2.92. The monoisotopic (exact) mass is 243 g/mol. The molecule has 1 aromatic carbocycles. The van der Waals surface area contributed by atoms with Gasteiger partial charge in [-0.2, -0.15) is 0 Å². The molecule has 0 unspecified atom stereocenters. The van der Waals surface area contributed by atoms with E-state index in [1.165, 1.54) is 12.8 Å². The number of anilines is 2. The highest BCUT2D eigenvalue weighted by Crippen LogP contribution is 2.38. The van der Waals surface area contributed by atoms with E-state index in [2.05, 4.69) is 14.9 Å². The van der Waals surface area contributed by atoms with Crippen molar-refractivity contribution in [2.75, 3.05) is 11.9 Å². The lowest BCUT2D eigenvalue weighted by Gasteiger charge is -2.12. The Hall–Kier alpha value is -1.97. The van der Waals surface area contributed by atoms with Gasteiger partial charge in [0.05, 0.1) is 12.3 Å². The highest BCUT2D eigenvalue weighted by Gasteiger charge is 2.25. The highest BCUT2D eigenvalue weighted by molar-refractivity contribution is 5.62. The number of ether oxygens (including phenoxy) is 1. The van der Waals surface area contributed by atoms with Gasteiger partial charge in [-0.15, -0.1) is 0 Å². The van der Waals surface area contributed by atoms with Crippen LogP contribution in [-0.2, 0) is 0 Å². The van der Waals surface area contributed by atoms with Crippen molar-refractivity contribution in [3.8, 4) is 5.75 Å². The van der Waals surface area contributed by atoms with Crippen LogP contribution in [0.15, 0.2) is 36.7 Å². The SMILES string of the molecule is CCOc1ccccc1Nc1nccn1C1CC1. The van der Waals surface area contributed by atoms with Gasteiger partial charge in [-0.3, -0.25) is 0 Å². The largest absolute Gasteiger partial charge is 0.492 e. The van der Waals surface area contributed by atoms with Gasteiger partial charge in [0, 0.05) is 18.4 Å². The van der Waals surface area contributed by atoms with E-state index in [9.17, 15) is 0 Å². The number of aromatic nitrogens is 2. The second-order valence-electron chi connectivity index (χ2n) is 4.44. The second-order valence-corrected chi connectivity index (χ2v) is 4.44. The predicted molar refractivity (Wildman–Crippen MR) is 71.4 cm³/mol. The maximum absolute atomic E-state index is 5.60. The van der Waals surface area contributed by atoms with Gasteiger partial charge in [0.1, 0.15) is 5.75 Å². The molecule has 0 bridgehead atoms. The first-order chi connectivity index (χ1) is 8.88. The van der Waals surface area contributed by atoms with Crippen LogP contribution in [0.2, 0.25) is 0 Å². The molecule has 0 radical (unpaired) electrons. The lowest BCUT2D eigenvalue weighted by atomic mass is 10.3. The molecule has 94 valence electrons. The number of imidazole rings is 1. The van der Waals surface area contributed by atoms with Gasteiger partial charge in [0.25, 0.3) is 0 Å². The first-order valence-electron chi connectivity index (χ1n) is 6.40. The number of para-hydroxylation sites is 2. The molecule has 4 nitrogen and oxygen atoms in total. The van der Waals surface area contributed by atoms with Crippen molar-refractivity contribution in [1.29, 1.82) is 0 Å². The van der Waals surface area contributed by atoms with Crippen molar-refractivity contribution in [1.82, 2.24) is 9.55 Å². The molecule has 1 aromatic heterocycles. The number of nitrogens with one attached hydrogen (secondary N) is 1. The van der Waals surface area contributed by atoms with E-state index in [1.54, 1.807) is 0 Å². The average molecular weight is 243 g/mol. The molecule has 3 rings (SSSR count). The Balaban J connectivity index is 1.85. The van der Waals surface area contributed by atoms with Gasteiger partial charge >= 0.3 is 0 Å². The topological polar surface area (TPSA) is 39.1 Å². The van der Waals surface area contributed by atoms with Crippen LogP contribution in [0, 0.1) is 0 Å².